The summed E-state index contributed by atoms with van der Waals surface area (Å²) in [5.41, 5.74) is 3.20. The molecule has 0 atom stereocenters. The van der Waals surface area contributed by atoms with Gasteiger partial charge in [-0.25, -0.2) is 4.68 Å². The number of aromatic nitrogens is 3. The Labute approximate surface area is 228 Å². The summed E-state index contributed by atoms with van der Waals surface area (Å²) in [6, 6.07) is 15.8. The molecule has 1 saturated carbocycles. The van der Waals surface area contributed by atoms with Gasteiger partial charge in [-0.3, -0.25) is 14.7 Å². The molecule has 1 aliphatic heterocycles. The van der Waals surface area contributed by atoms with E-state index in [1.807, 2.05) is 19.1 Å². The maximum atomic E-state index is 13.0. The molecule has 2 aromatic heterocycles. The Bertz CT molecular complexity index is 1340. The van der Waals surface area contributed by atoms with Crippen LogP contribution >= 0.6 is 12.4 Å². The van der Waals surface area contributed by atoms with Crippen molar-refractivity contribution in [2.24, 2.45) is 0 Å². The number of pyridine rings is 1. The van der Waals surface area contributed by atoms with Crippen molar-refractivity contribution in [2.75, 3.05) is 31.6 Å². The predicted octanol–water partition coefficient (Wildman–Crippen LogP) is 4.16. The van der Waals surface area contributed by atoms with Crippen LogP contribution in [-0.2, 0) is 10.2 Å². The number of anilines is 1. The smallest absolute Gasteiger partial charge is 0.259 e. The monoisotopic (exact) mass is 531 g/mol. The molecule has 1 aromatic carbocycles. The number of halogens is 1. The van der Waals surface area contributed by atoms with E-state index in [1.54, 1.807) is 35.1 Å². The summed E-state index contributed by atoms with van der Waals surface area (Å²) in [6.45, 7) is 5.31. The predicted molar refractivity (Wildman–Crippen MR) is 144 cm³/mol. The van der Waals surface area contributed by atoms with Crippen LogP contribution in [0.25, 0.3) is 5.69 Å². The number of carbonyl (C=O) groups excluding carboxylic acids is 1. The van der Waals surface area contributed by atoms with E-state index in [-0.39, 0.29) is 18.3 Å². The minimum atomic E-state index is -0.593. The number of hydrogen-bond acceptors (Lipinski definition) is 7. The van der Waals surface area contributed by atoms with Crippen molar-refractivity contribution >= 4 is 24.0 Å². The number of hydrogen-bond donors (Lipinski definition) is 1. The lowest BCUT2D eigenvalue weighted by molar-refractivity contribution is 0.00493. The van der Waals surface area contributed by atoms with E-state index in [1.165, 1.54) is 6.20 Å². The van der Waals surface area contributed by atoms with Gasteiger partial charge in [0.05, 0.1) is 77.1 Å². The highest BCUT2D eigenvalue weighted by Crippen LogP contribution is 2.40. The lowest BCUT2D eigenvalue weighted by atomic mass is 9.71. The Kier molecular flexibility index (Phi) is 8.43. The van der Waals surface area contributed by atoms with Gasteiger partial charge in [0, 0.05) is 19.1 Å². The fourth-order valence-electron chi connectivity index (χ4n) is 5.35. The van der Waals surface area contributed by atoms with Crippen molar-refractivity contribution in [3.05, 3.63) is 71.3 Å². The lowest BCUT2D eigenvalue weighted by Crippen LogP contribution is -2.47. The van der Waals surface area contributed by atoms with Gasteiger partial charge in [-0.2, -0.15) is 15.6 Å². The molecule has 0 unspecified atom stereocenters. The van der Waals surface area contributed by atoms with Crippen LogP contribution in [-0.4, -0.2) is 57.9 Å². The fraction of sp³-hybridized carbons (Fsp3) is 0.393. The number of benzene rings is 1. The van der Waals surface area contributed by atoms with Crippen molar-refractivity contribution in [2.45, 2.75) is 44.1 Å². The first-order chi connectivity index (χ1) is 18.0. The van der Waals surface area contributed by atoms with Crippen LogP contribution in [0.4, 0.5) is 5.69 Å². The van der Waals surface area contributed by atoms with Gasteiger partial charge in [-0.15, -0.1) is 12.4 Å². The van der Waals surface area contributed by atoms with Crippen LogP contribution in [0, 0.1) is 29.6 Å². The van der Waals surface area contributed by atoms with Gasteiger partial charge in [-0.05, 0) is 69.0 Å². The van der Waals surface area contributed by atoms with E-state index in [0.29, 0.717) is 28.6 Å². The van der Waals surface area contributed by atoms with Gasteiger partial charge in [-0.1, -0.05) is 0 Å². The largest absolute Gasteiger partial charge is 0.379 e. The number of nitrogens with one attached hydrogen (secondary N) is 1. The summed E-state index contributed by atoms with van der Waals surface area (Å²) < 4.78 is 7.14. The molecular formula is C28H30ClN7O2. The summed E-state index contributed by atoms with van der Waals surface area (Å²) in [5, 5.41) is 26.3. The molecule has 0 radical (unpaired) electrons. The summed E-state index contributed by atoms with van der Waals surface area (Å²) >= 11 is 0. The fourth-order valence-corrected chi connectivity index (χ4v) is 5.35. The summed E-state index contributed by atoms with van der Waals surface area (Å²) in [5.74, 6) is -0.284. The van der Waals surface area contributed by atoms with Crippen LogP contribution in [0.1, 0.15) is 53.0 Å². The highest BCUT2D eigenvalue weighted by atomic mass is 35.5. The number of amides is 1. The van der Waals surface area contributed by atoms with Crippen LogP contribution in [0.3, 0.4) is 0 Å². The molecule has 1 N–H and O–H groups in total. The molecule has 3 aromatic rings. The van der Waals surface area contributed by atoms with Gasteiger partial charge in [0.25, 0.3) is 5.91 Å². The van der Waals surface area contributed by atoms with E-state index in [2.05, 4.69) is 32.4 Å². The van der Waals surface area contributed by atoms with E-state index >= 15 is 0 Å². The third kappa shape index (κ3) is 5.41. The van der Waals surface area contributed by atoms with Crippen molar-refractivity contribution in [1.29, 1.82) is 10.5 Å². The molecule has 9 nitrogen and oxygen atoms in total. The second kappa shape index (κ2) is 11.7. The molecule has 10 heteroatoms. The van der Waals surface area contributed by atoms with Crippen molar-refractivity contribution in [3.8, 4) is 17.8 Å². The second-order valence-electron chi connectivity index (χ2n) is 9.67. The van der Waals surface area contributed by atoms with E-state index in [0.717, 1.165) is 63.4 Å². The Morgan fingerprint density at radius 3 is 2.39 bits per heavy atom. The quantitative estimate of drug-likeness (QED) is 0.525. The first-order valence-corrected chi connectivity index (χ1v) is 12.6. The zero-order valence-electron chi connectivity index (χ0n) is 21.3. The maximum absolute atomic E-state index is 13.0. The Balaban J connectivity index is 0.00000336. The molecule has 2 aliphatic rings. The highest BCUT2D eigenvalue weighted by molar-refractivity contribution is 6.04. The first-order valence-electron chi connectivity index (χ1n) is 12.6. The number of carbonyl (C=O) groups is 1. The lowest BCUT2D eigenvalue weighted by Gasteiger charge is -2.41. The topological polar surface area (TPSA) is 120 Å². The third-order valence-electron chi connectivity index (χ3n) is 7.59. The minimum absolute atomic E-state index is 0. The minimum Gasteiger partial charge on any atom is -0.379 e. The number of morpholine rings is 1. The Morgan fingerprint density at radius 2 is 1.79 bits per heavy atom. The molecule has 1 saturated heterocycles. The normalized spacial score (nSPS) is 21.5. The Morgan fingerprint density at radius 1 is 1.08 bits per heavy atom. The zero-order chi connectivity index (χ0) is 25.8. The zero-order valence-corrected chi connectivity index (χ0v) is 22.1. The molecule has 196 valence electrons. The molecule has 2 fully saturated rings. The molecule has 5 rings (SSSR count). The van der Waals surface area contributed by atoms with Gasteiger partial charge in [0.1, 0.15) is 0 Å². The van der Waals surface area contributed by atoms with Crippen LogP contribution < -0.4 is 5.32 Å². The van der Waals surface area contributed by atoms with Gasteiger partial charge < -0.3 is 10.1 Å². The molecule has 0 bridgehead atoms. The summed E-state index contributed by atoms with van der Waals surface area (Å²) in [7, 11) is 0. The molecule has 1 aliphatic carbocycles. The maximum Gasteiger partial charge on any atom is 0.259 e. The van der Waals surface area contributed by atoms with Crippen LogP contribution in [0.2, 0.25) is 0 Å². The Hall–Kier alpha value is -3.76. The first kappa shape index (κ1) is 27.3. The average molecular weight is 532 g/mol. The van der Waals surface area contributed by atoms with Crippen LogP contribution in [0.15, 0.2) is 48.8 Å². The van der Waals surface area contributed by atoms with Crippen molar-refractivity contribution in [1.82, 2.24) is 19.7 Å². The SMILES string of the molecule is Cc1c(C(=O)Nc2ccc([C@]3(C#N)CC[C@@H](N4CCOCC4)CC3)nc2)cnn1-c1ccc(C#N)cc1.Cl. The third-order valence-corrected chi connectivity index (χ3v) is 7.59. The number of nitriles is 2. The van der Waals surface area contributed by atoms with Crippen LogP contribution in [0.5, 0.6) is 0 Å². The summed E-state index contributed by atoms with van der Waals surface area (Å²) in [4.78, 5) is 20.1. The average Bonchev–Trinajstić information content (AvgIpc) is 3.35. The van der Waals surface area contributed by atoms with Crippen molar-refractivity contribution in [3.63, 3.8) is 0 Å². The van der Waals surface area contributed by atoms with E-state index in [9.17, 15) is 10.1 Å². The molecule has 0 spiro atoms. The number of nitrogens with zero attached hydrogens (tertiary/aromatic N) is 6. The van der Waals surface area contributed by atoms with E-state index in [4.69, 9.17) is 10.00 Å². The highest BCUT2D eigenvalue weighted by Gasteiger charge is 2.40. The molecule has 3 heterocycles. The molecule has 1 amide bonds. The summed E-state index contributed by atoms with van der Waals surface area (Å²) in [6.07, 6.45) is 6.64. The van der Waals surface area contributed by atoms with E-state index < -0.39 is 5.41 Å². The van der Waals surface area contributed by atoms with Gasteiger partial charge in [0.15, 0.2) is 0 Å². The molecular weight excluding hydrogens is 502 g/mol. The second-order valence-corrected chi connectivity index (χ2v) is 9.67. The number of rotatable bonds is 5. The van der Waals surface area contributed by atoms with Gasteiger partial charge in [0.2, 0.25) is 0 Å². The standard InChI is InChI=1S/C28H29N7O2.ClH/c1-20-25(18-32-35(20)24-5-2-21(16-29)3-6-24)27(36)33-22-4-7-26(31-17-22)28(19-30)10-8-23(9-11-28)34-12-14-37-15-13-34;/h2-7,17-18,23H,8-15H2,1H3,(H,33,36);1H/t23-,28-;. The molecule has 38 heavy (non-hydrogen) atoms. The van der Waals surface area contributed by atoms with Crippen molar-refractivity contribution < 1.29 is 9.53 Å². The number of ether oxygens (including phenoxy) is 1. The van der Waals surface area contributed by atoms with Gasteiger partial charge >= 0.3 is 0 Å².